The highest BCUT2D eigenvalue weighted by Crippen LogP contribution is 2.24. The molecule has 2 aromatic carbocycles. The molecular weight excluding hydrogens is 290 g/mol. The maximum absolute atomic E-state index is 12.1. The van der Waals surface area contributed by atoms with Gasteiger partial charge in [0.25, 0.3) is 5.91 Å². The Labute approximate surface area is 137 Å². The number of para-hydroxylation sites is 2. The summed E-state index contributed by atoms with van der Waals surface area (Å²) in [6.07, 6.45) is 0.915. The summed E-state index contributed by atoms with van der Waals surface area (Å²) in [5.41, 5.74) is 2.88. The van der Waals surface area contributed by atoms with Crippen molar-refractivity contribution in [1.29, 1.82) is 0 Å². The second-order valence-electron chi connectivity index (χ2n) is 5.50. The van der Waals surface area contributed by atoms with Crippen LogP contribution in [-0.2, 0) is 4.79 Å². The summed E-state index contributed by atoms with van der Waals surface area (Å²) in [6, 6.07) is 13.3. The van der Waals surface area contributed by atoms with Gasteiger partial charge in [-0.2, -0.15) is 0 Å². The van der Waals surface area contributed by atoms with E-state index in [4.69, 9.17) is 9.47 Å². The van der Waals surface area contributed by atoms with Crippen molar-refractivity contribution in [2.24, 2.45) is 0 Å². The maximum Gasteiger partial charge on any atom is 0.262 e. The van der Waals surface area contributed by atoms with Gasteiger partial charge in [-0.3, -0.25) is 4.79 Å². The van der Waals surface area contributed by atoms with Crippen molar-refractivity contribution in [3.05, 3.63) is 53.6 Å². The quantitative estimate of drug-likeness (QED) is 0.837. The van der Waals surface area contributed by atoms with E-state index in [1.54, 1.807) is 0 Å². The first-order valence-corrected chi connectivity index (χ1v) is 7.81. The molecule has 0 aromatic heterocycles. The number of hydrogen-bond acceptors (Lipinski definition) is 3. The van der Waals surface area contributed by atoms with Gasteiger partial charge in [0.05, 0.1) is 12.3 Å². The van der Waals surface area contributed by atoms with Crippen molar-refractivity contribution >= 4 is 11.6 Å². The Bertz CT molecular complexity index is 647. The molecule has 2 aromatic rings. The first kappa shape index (κ1) is 16.9. The molecule has 23 heavy (non-hydrogen) atoms. The van der Waals surface area contributed by atoms with Crippen LogP contribution in [0.2, 0.25) is 0 Å². The molecule has 0 radical (unpaired) electrons. The number of hydrogen-bond donors (Lipinski definition) is 1. The van der Waals surface area contributed by atoms with Crippen LogP contribution in [0.5, 0.6) is 11.5 Å². The lowest BCUT2D eigenvalue weighted by atomic mass is 10.1. The lowest BCUT2D eigenvalue weighted by Crippen LogP contribution is -2.20. The van der Waals surface area contributed by atoms with Gasteiger partial charge in [-0.25, -0.2) is 0 Å². The van der Waals surface area contributed by atoms with Gasteiger partial charge in [-0.15, -0.1) is 0 Å². The van der Waals surface area contributed by atoms with Crippen LogP contribution in [0.4, 0.5) is 5.69 Å². The summed E-state index contributed by atoms with van der Waals surface area (Å²) in [5, 5.41) is 2.83. The van der Waals surface area contributed by atoms with Crippen LogP contribution in [0.1, 0.15) is 24.5 Å². The van der Waals surface area contributed by atoms with Gasteiger partial charge in [0.15, 0.2) is 6.61 Å². The first-order chi connectivity index (χ1) is 11.1. The minimum absolute atomic E-state index is 0.0367. The van der Waals surface area contributed by atoms with Crippen LogP contribution in [0.25, 0.3) is 0 Å². The fourth-order valence-corrected chi connectivity index (χ4v) is 2.26. The summed E-state index contributed by atoms with van der Waals surface area (Å²) in [6.45, 7) is 6.62. The summed E-state index contributed by atoms with van der Waals surface area (Å²) in [7, 11) is 0. The van der Waals surface area contributed by atoms with Gasteiger partial charge >= 0.3 is 0 Å². The number of aryl methyl sites for hydroxylation is 2. The topological polar surface area (TPSA) is 47.6 Å². The Balaban J connectivity index is 1.94. The molecule has 0 fully saturated rings. The van der Waals surface area contributed by atoms with Crippen LogP contribution in [0.15, 0.2) is 42.5 Å². The van der Waals surface area contributed by atoms with Gasteiger partial charge in [0.1, 0.15) is 11.5 Å². The van der Waals surface area contributed by atoms with Gasteiger partial charge in [-0.1, -0.05) is 25.1 Å². The molecule has 2 rings (SSSR count). The monoisotopic (exact) mass is 313 g/mol. The van der Waals surface area contributed by atoms with E-state index < -0.39 is 0 Å². The molecule has 0 spiro atoms. The van der Waals surface area contributed by atoms with Crippen molar-refractivity contribution < 1.29 is 14.3 Å². The number of carbonyl (C=O) groups excluding carboxylic acids is 1. The second kappa shape index (κ2) is 8.22. The molecule has 0 atom stereocenters. The molecule has 1 amide bonds. The zero-order chi connectivity index (χ0) is 16.7. The molecule has 1 N–H and O–H groups in total. The molecular formula is C19H23NO3. The number of rotatable bonds is 7. The van der Waals surface area contributed by atoms with Crippen molar-refractivity contribution in [3.8, 4) is 11.5 Å². The molecule has 0 saturated carbocycles. The van der Waals surface area contributed by atoms with Crippen LogP contribution in [0, 0.1) is 13.8 Å². The highest BCUT2D eigenvalue weighted by Gasteiger charge is 2.08. The number of amides is 1. The van der Waals surface area contributed by atoms with Crippen molar-refractivity contribution in [3.63, 3.8) is 0 Å². The van der Waals surface area contributed by atoms with E-state index >= 15 is 0 Å². The molecule has 4 heteroatoms. The summed E-state index contributed by atoms with van der Waals surface area (Å²) in [4.78, 5) is 12.1. The minimum Gasteiger partial charge on any atom is -0.491 e. The van der Waals surface area contributed by atoms with Crippen molar-refractivity contribution in [2.75, 3.05) is 18.5 Å². The maximum atomic E-state index is 12.1. The fourth-order valence-electron chi connectivity index (χ4n) is 2.26. The summed E-state index contributed by atoms with van der Waals surface area (Å²) < 4.78 is 11.2. The molecule has 0 heterocycles. The van der Waals surface area contributed by atoms with Gasteiger partial charge in [0, 0.05) is 0 Å². The van der Waals surface area contributed by atoms with E-state index in [0.29, 0.717) is 23.8 Å². The second-order valence-corrected chi connectivity index (χ2v) is 5.50. The van der Waals surface area contributed by atoms with Gasteiger partial charge in [-0.05, 0) is 55.7 Å². The third-order valence-corrected chi connectivity index (χ3v) is 3.19. The van der Waals surface area contributed by atoms with E-state index in [2.05, 4.69) is 11.4 Å². The number of carbonyl (C=O) groups is 1. The Hall–Kier alpha value is -2.49. The van der Waals surface area contributed by atoms with Crippen LogP contribution in [-0.4, -0.2) is 19.1 Å². The van der Waals surface area contributed by atoms with Crippen molar-refractivity contribution in [2.45, 2.75) is 27.2 Å². The Morgan fingerprint density at radius 3 is 2.43 bits per heavy atom. The number of anilines is 1. The molecule has 122 valence electrons. The zero-order valence-electron chi connectivity index (χ0n) is 13.9. The Morgan fingerprint density at radius 2 is 1.74 bits per heavy atom. The molecule has 0 saturated heterocycles. The van der Waals surface area contributed by atoms with Crippen LogP contribution in [0.3, 0.4) is 0 Å². The fraction of sp³-hybridized carbons (Fsp3) is 0.316. The lowest BCUT2D eigenvalue weighted by molar-refractivity contribution is -0.118. The normalized spacial score (nSPS) is 10.2. The van der Waals surface area contributed by atoms with Gasteiger partial charge in [0.2, 0.25) is 0 Å². The molecule has 0 aliphatic rings. The predicted molar refractivity (Wildman–Crippen MR) is 92.3 cm³/mol. The number of benzene rings is 2. The smallest absolute Gasteiger partial charge is 0.262 e. The molecule has 0 aliphatic heterocycles. The Morgan fingerprint density at radius 1 is 1.04 bits per heavy atom. The van der Waals surface area contributed by atoms with E-state index in [1.165, 1.54) is 0 Å². The molecule has 0 unspecified atom stereocenters. The standard InChI is InChI=1S/C19H23NO3/c1-4-9-22-18-8-6-5-7-17(18)20-19(21)13-23-16-11-14(2)10-15(3)12-16/h5-8,10-12H,4,9,13H2,1-3H3,(H,20,21). The number of nitrogens with one attached hydrogen (secondary N) is 1. The SMILES string of the molecule is CCCOc1ccccc1NC(=O)COc1cc(C)cc(C)c1. The third-order valence-electron chi connectivity index (χ3n) is 3.19. The average Bonchev–Trinajstić information content (AvgIpc) is 2.51. The highest BCUT2D eigenvalue weighted by molar-refractivity contribution is 5.93. The number of ether oxygens (including phenoxy) is 2. The minimum atomic E-state index is -0.211. The summed E-state index contributed by atoms with van der Waals surface area (Å²) >= 11 is 0. The molecule has 0 aliphatic carbocycles. The van der Waals surface area contributed by atoms with Crippen molar-refractivity contribution in [1.82, 2.24) is 0 Å². The van der Waals surface area contributed by atoms with E-state index in [9.17, 15) is 4.79 Å². The van der Waals surface area contributed by atoms with E-state index in [0.717, 1.165) is 17.5 Å². The largest absolute Gasteiger partial charge is 0.491 e. The molecule has 4 nitrogen and oxygen atoms in total. The first-order valence-electron chi connectivity index (χ1n) is 7.81. The predicted octanol–water partition coefficient (Wildman–Crippen LogP) is 4.11. The zero-order valence-corrected chi connectivity index (χ0v) is 13.9. The third kappa shape index (κ3) is 5.33. The van der Waals surface area contributed by atoms with E-state index in [-0.39, 0.29) is 12.5 Å². The Kier molecular flexibility index (Phi) is 6.03. The summed E-state index contributed by atoms with van der Waals surface area (Å²) in [5.74, 6) is 1.17. The van der Waals surface area contributed by atoms with Gasteiger partial charge < -0.3 is 14.8 Å². The highest BCUT2D eigenvalue weighted by atomic mass is 16.5. The lowest BCUT2D eigenvalue weighted by Gasteiger charge is -2.12. The van der Waals surface area contributed by atoms with Crippen LogP contribution < -0.4 is 14.8 Å². The molecule has 0 bridgehead atoms. The average molecular weight is 313 g/mol. The van der Waals surface area contributed by atoms with Crippen LogP contribution >= 0.6 is 0 Å². The van der Waals surface area contributed by atoms with E-state index in [1.807, 2.05) is 57.2 Å².